The van der Waals surface area contributed by atoms with E-state index < -0.39 is 0 Å². The van der Waals surface area contributed by atoms with Crippen LogP contribution in [-0.2, 0) is 11.2 Å². The predicted molar refractivity (Wildman–Crippen MR) is 79.5 cm³/mol. The minimum absolute atomic E-state index is 0.115. The van der Waals surface area contributed by atoms with Gasteiger partial charge < -0.3 is 9.84 Å². The molecule has 0 aliphatic carbocycles. The molecule has 3 rings (SSSR count). The van der Waals surface area contributed by atoms with Gasteiger partial charge in [0.25, 0.3) is 0 Å². The highest BCUT2D eigenvalue weighted by Crippen LogP contribution is 2.19. The van der Waals surface area contributed by atoms with E-state index >= 15 is 0 Å². The van der Waals surface area contributed by atoms with E-state index in [9.17, 15) is 4.79 Å². The molecule has 3 aromatic rings. The minimum atomic E-state index is -0.115. The van der Waals surface area contributed by atoms with E-state index in [0.717, 1.165) is 5.69 Å². The summed E-state index contributed by atoms with van der Waals surface area (Å²) in [6.45, 7) is 1.74. The van der Waals surface area contributed by atoms with Crippen molar-refractivity contribution in [3.63, 3.8) is 0 Å². The Labute approximate surface area is 127 Å². The average Bonchev–Trinajstić information content (AvgIpc) is 3.17. The Balaban J connectivity index is 1.67. The maximum Gasteiger partial charge on any atom is 0.227 e. The topological polar surface area (TPSA) is 85.8 Å². The van der Waals surface area contributed by atoms with Crippen LogP contribution in [0.2, 0.25) is 0 Å². The Hall–Kier alpha value is -2.96. The molecule has 0 saturated carbocycles. The summed E-state index contributed by atoms with van der Waals surface area (Å²) in [6.07, 6.45) is 4.20. The molecule has 0 radical (unpaired) electrons. The van der Waals surface area contributed by atoms with Crippen LogP contribution in [0, 0.1) is 6.92 Å². The van der Waals surface area contributed by atoms with Crippen molar-refractivity contribution in [2.24, 2.45) is 0 Å². The number of carbonyl (C=O) groups is 1. The Kier molecular flexibility index (Phi) is 3.95. The van der Waals surface area contributed by atoms with Gasteiger partial charge in [-0.1, -0.05) is 17.3 Å². The van der Waals surface area contributed by atoms with Gasteiger partial charge in [0.15, 0.2) is 5.82 Å². The average molecular weight is 297 g/mol. The molecule has 0 bridgehead atoms. The molecule has 7 heteroatoms. The molecule has 1 aromatic carbocycles. The molecule has 22 heavy (non-hydrogen) atoms. The molecular weight excluding hydrogens is 282 g/mol. The van der Waals surface area contributed by atoms with E-state index in [2.05, 4.69) is 20.6 Å². The Morgan fingerprint density at radius 3 is 2.91 bits per heavy atom. The van der Waals surface area contributed by atoms with Crippen LogP contribution in [0.15, 0.2) is 47.2 Å². The van der Waals surface area contributed by atoms with Gasteiger partial charge in [-0.2, -0.15) is 10.1 Å². The highest BCUT2D eigenvalue weighted by atomic mass is 16.5. The van der Waals surface area contributed by atoms with Gasteiger partial charge in [-0.15, -0.1) is 0 Å². The molecule has 7 nitrogen and oxygen atoms in total. The van der Waals surface area contributed by atoms with Crippen LogP contribution in [0.25, 0.3) is 5.69 Å². The van der Waals surface area contributed by atoms with Gasteiger partial charge in [0.1, 0.15) is 0 Å². The van der Waals surface area contributed by atoms with Gasteiger partial charge in [-0.3, -0.25) is 4.79 Å². The van der Waals surface area contributed by atoms with Crippen LogP contribution in [0.3, 0.4) is 0 Å². The summed E-state index contributed by atoms with van der Waals surface area (Å²) in [5, 5.41) is 10.8. The smallest absolute Gasteiger partial charge is 0.227 e. The fourth-order valence-corrected chi connectivity index (χ4v) is 2.07. The number of anilines is 1. The number of rotatable bonds is 5. The molecule has 112 valence electrons. The lowest BCUT2D eigenvalue weighted by Gasteiger charge is -2.10. The van der Waals surface area contributed by atoms with Gasteiger partial charge in [0.05, 0.1) is 11.4 Å². The molecule has 2 aromatic heterocycles. The van der Waals surface area contributed by atoms with Crippen LogP contribution in [0.1, 0.15) is 18.1 Å². The molecule has 0 unspecified atom stereocenters. The molecule has 0 aliphatic rings. The highest BCUT2D eigenvalue weighted by molar-refractivity contribution is 5.92. The third-order valence-corrected chi connectivity index (χ3v) is 3.06. The number of hydrogen-bond donors (Lipinski definition) is 1. The molecular formula is C15H15N5O2. The Morgan fingerprint density at radius 2 is 2.18 bits per heavy atom. The van der Waals surface area contributed by atoms with Gasteiger partial charge in [0.2, 0.25) is 11.8 Å². The molecule has 1 N–H and O–H groups in total. The summed E-state index contributed by atoms with van der Waals surface area (Å²) in [7, 11) is 0. The number of carbonyl (C=O) groups excluding carboxylic acids is 1. The van der Waals surface area contributed by atoms with Gasteiger partial charge in [-0.05, 0) is 25.1 Å². The van der Waals surface area contributed by atoms with Crippen molar-refractivity contribution in [3.8, 4) is 5.69 Å². The first-order valence-electron chi connectivity index (χ1n) is 6.90. The molecule has 1 amide bonds. The standard InChI is InChI=1S/C15H15N5O2/c1-11-17-15(22-19-11)8-7-14(21)18-12-5-2-3-6-13(12)20-10-4-9-16-20/h2-6,9-10H,7-8H2,1H3,(H,18,21). The first-order chi connectivity index (χ1) is 10.7. The zero-order valence-electron chi connectivity index (χ0n) is 12.1. The lowest BCUT2D eigenvalue weighted by atomic mass is 10.2. The van der Waals surface area contributed by atoms with E-state index in [1.807, 2.05) is 36.5 Å². The lowest BCUT2D eigenvalue weighted by Crippen LogP contribution is -2.14. The predicted octanol–water partition coefficient (Wildman–Crippen LogP) is 2.14. The SMILES string of the molecule is Cc1noc(CCC(=O)Nc2ccccc2-n2cccn2)n1. The number of nitrogens with zero attached hydrogens (tertiary/aromatic N) is 4. The van der Waals surface area contributed by atoms with Gasteiger partial charge in [-0.25, -0.2) is 4.68 Å². The van der Waals surface area contributed by atoms with Crippen LogP contribution >= 0.6 is 0 Å². The monoisotopic (exact) mass is 297 g/mol. The van der Waals surface area contributed by atoms with Crippen molar-refractivity contribution in [3.05, 3.63) is 54.4 Å². The Morgan fingerprint density at radius 1 is 1.32 bits per heavy atom. The third kappa shape index (κ3) is 3.20. The quantitative estimate of drug-likeness (QED) is 0.779. The first kappa shape index (κ1) is 14.0. The second kappa shape index (κ2) is 6.21. The van der Waals surface area contributed by atoms with Crippen molar-refractivity contribution < 1.29 is 9.32 Å². The van der Waals surface area contributed by atoms with Crippen molar-refractivity contribution in [1.82, 2.24) is 19.9 Å². The number of para-hydroxylation sites is 2. The molecule has 0 atom stereocenters. The molecule has 0 aliphatic heterocycles. The summed E-state index contributed by atoms with van der Waals surface area (Å²) in [4.78, 5) is 16.2. The normalized spacial score (nSPS) is 10.6. The molecule has 2 heterocycles. The van der Waals surface area contributed by atoms with Gasteiger partial charge >= 0.3 is 0 Å². The molecule has 0 fully saturated rings. The number of amides is 1. The number of nitrogens with one attached hydrogen (secondary N) is 1. The second-order valence-corrected chi connectivity index (χ2v) is 4.75. The van der Waals surface area contributed by atoms with E-state index in [1.165, 1.54) is 0 Å². The maximum atomic E-state index is 12.1. The van der Waals surface area contributed by atoms with E-state index in [-0.39, 0.29) is 12.3 Å². The summed E-state index contributed by atoms with van der Waals surface area (Å²) in [5.74, 6) is 0.919. The van der Waals surface area contributed by atoms with E-state index in [1.54, 1.807) is 17.8 Å². The van der Waals surface area contributed by atoms with Crippen LogP contribution in [-0.4, -0.2) is 25.8 Å². The minimum Gasteiger partial charge on any atom is -0.339 e. The van der Waals surface area contributed by atoms with E-state index in [0.29, 0.717) is 23.8 Å². The number of benzene rings is 1. The number of hydrogen-bond acceptors (Lipinski definition) is 5. The van der Waals surface area contributed by atoms with Crippen LogP contribution < -0.4 is 5.32 Å². The van der Waals surface area contributed by atoms with Gasteiger partial charge in [0, 0.05) is 25.2 Å². The maximum absolute atomic E-state index is 12.1. The summed E-state index contributed by atoms with van der Waals surface area (Å²) in [5.41, 5.74) is 1.52. The molecule has 0 spiro atoms. The lowest BCUT2D eigenvalue weighted by molar-refractivity contribution is -0.116. The zero-order chi connectivity index (χ0) is 15.4. The fraction of sp³-hybridized carbons (Fsp3) is 0.200. The van der Waals surface area contributed by atoms with Crippen molar-refractivity contribution >= 4 is 11.6 Å². The summed E-state index contributed by atoms with van der Waals surface area (Å²) in [6, 6.07) is 9.32. The van der Waals surface area contributed by atoms with E-state index in [4.69, 9.17) is 4.52 Å². The van der Waals surface area contributed by atoms with Crippen molar-refractivity contribution in [1.29, 1.82) is 0 Å². The summed E-state index contributed by atoms with van der Waals surface area (Å²) < 4.78 is 6.70. The van der Waals surface area contributed by atoms with Crippen molar-refractivity contribution in [2.45, 2.75) is 19.8 Å². The number of aryl methyl sites for hydroxylation is 2. The van der Waals surface area contributed by atoms with Crippen LogP contribution in [0.5, 0.6) is 0 Å². The summed E-state index contributed by atoms with van der Waals surface area (Å²) >= 11 is 0. The fourth-order valence-electron chi connectivity index (χ4n) is 2.07. The van der Waals surface area contributed by atoms with Crippen molar-refractivity contribution in [2.75, 3.05) is 5.32 Å². The zero-order valence-corrected chi connectivity index (χ0v) is 12.1. The Bertz CT molecular complexity index is 764. The highest BCUT2D eigenvalue weighted by Gasteiger charge is 2.10. The largest absolute Gasteiger partial charge is 0.339 e. The second-order valence-electron chi connectivity index (χ2n) is 4.75. The first-order valence-corrected chi connectivity index (χ1v) is 6.90. The molecule has 0 saturated heterocycles. The number of aromatic nitrogens is 4. The van der Waals surface area contributed by atoms with Crippen LogP contribution in [0.4, 0.5) is 5.69 Å². The third-order valence-electron chi connectivity index (χ3n) is 3.06.